The van der Waals surface area contributed by atoms with Crippen LogP contribution in [0.4, 0.5) is 5.82 Å². The van der Waals surface area contributed by atoms with Gasteiger partial charge in [0.25, 0.3) is 0 Å². The molecule has 36 heavy (non-hydrogen) atoms. The van der Waals surface area contributed by atoms with Crippen molar-refractivity contribution in [1.29, 1.82) is 0 Å². The van der Waals surface area contributed by atoms with Crippen molar-refractivity contribution in [2.75, 3.05) is 43.6 Å². The largest absolute Gasteiger partial charge is 0.480 e. The van der Waals surface area contributed by atoms with Crippen molar-refractivity contribution >= 4 is 39.7 Å². The number of carbonyl (C=O) groups is 4. The first-order chi connectivity index (χ1) is 17.0. The summed E-state index contributed by atoms with van der Waals surface area (Å²) in [6.45, 7) is -1.21. The Labute approximate surface area is 205 Å². The first kappa shape index (κ1) is 28.8. The highest BCUT2D eigenvalue weighted by molar-refractivity contribution is 7.91. The minimum atomic E-state index is -3.95. The Bertz CT molecular complexity index is 1110. The maximum Gasteiger partial charge on any atom is 0.351 e. The number of aldehydes is 1. The molecule has 1 saturated heterocycles. The predicted octanol–water partition coefficient (Wildman–Crippen LogP) is -3.21. The van der Waals surface area contributed by atoms with Gasteiger partial charge in [-0.1, -0.05) is 0 Å². The molecule has 1 aliphatic heterocycles. The van der Waals surface area contributed by atoms with Crippen molar-refractivity contribution in [3.63, 3.8) is 0 Å². The summed E-state index contributed by atoms with van der Waals surface area (Å²) in [5.41, 5.74) is 4.81. The average molecular weight is 534 g/mol. The van der Waals surface area contributed by atoms with Crippen LogP contribution < -0.4 is 22.1 Å². The Morgan fingerprint density at radius 3 is 2.81 bits per heavy atom. The molecule has 2 heterocycles. The van der Waals surface area contributed by atoms with Crippen LogP contribution >= 0.6 is 0 Å². The summed E-state index contributed by atoms with van der Waals surface area (Å²) in [5.74, 6) is -4.41. The number of nitrogens with zero attached hydrogens (tertiary/aromatic N) is 2. The molecule has 1 aliphatic rings. The zero-order valence-electron chi connectivity index (χ0n) is 19.0. The second-order valence-electron chi connectivity index (χ2n) is 7.52. The van der Waals surface area contributed by atoms with E-state index in [1.54, 1.807) is 0 Å². The predicted molar refractivity (Wildman–Crippen MR) is 120 cm³/mol. The Hall–Kier alpha value is -3.41. The summed E-state index contributed by atoms with van der Waals surface area (Å²) in [6.07, 6.45) is -0.167. The highest BCUT2D eigenvalue weighted by Gasteiger charge is 2.30. The molecule has 1 aromatic heterocycles. The second kappa shape index (κ2) is 13.6. The minimum Gasteiger partial charge on any atom is -0.480 e. The number of amides is 2. The first-order valence-corrected chi connectivity index (χ1v) is 12.4. The summed E-state index contributed by atoms with van der Waals surface area (Å²) in [6, 6.07) is -0.151. The Kier molecular flexibility index (Phi) is 10.9. The summed E-state index contributed by atoms with van der Waals surface area (Å²) in [5, 5.41) is 12.9. The van der Waals surface area contributed by atoms with Crippen molar-refractivity contribution in [1.82, 2.24) is 20.2 Å². The monoisotopic (exact) mass is 533 g/mol. The van der Waals surface area contributed by atoms with Crippen molar-refractivity contribution in [3.05, 3.63) is 22.7 Å². The van der Waals surface area contributed by atoms with Crippen LogP contribution in [0.2, 0.25) is 0 Å². The van der Waals surface area contributed by atoms with Gasteiger partial charge in [-0.2, -0.15) is 4.98 Å². The van der Waals surface area contributed by atoms with Gasteiger partial charge in [0.15, 0.2) is 22.4 Å². The zero-order chi connectivity index (χ0) is 26.7. The lowest BCUT2D eigenvalue weighted by molar-refractivity contribution is -0.138. The van der Waals surface area contributed by atoms with E-state index >= 15 is 0 Å². The lowest BCUT2D eigenvalue weighted by Gasteiger charge is -2.18. The second-order valence-corrected chi connectivity index (χ2v) is 9.75. The topological polar surface area (TPSA) is 235 Å². The number of anilines is 1. The van der Waals surface area contributed by atoms with Crippen LogP contribution in [-0.2, 0) is 43.2 Å². The van der Waals surface area contributed by atoms with Crippen LogP contribution in [0.15, 0.2) is 17.1 Å². The van der Waals surface area contributed by atoms with Crippen LogP contribution in [0.25, 0.3) is 0 Å². The van der Waals surface area contributed by atoms with Gasteiger partial charge >= 0.3 is 11.7 Å². The quantitative estimate of drug-likeness (QED) is 0.128. The maximum absolute atomic E-state index is 12.5. The summed E-state index contributed by atoms with van der Waals surface area (Å²) < 4.78 is 42.3. The van der Waals surface area contributed by atoms with Crippen molar-refractivity contribution < 1.29 is 46.9 Å². The van der Waals surface area contributed by atoms with Crippen molar-refractivity contribution in [2.45, 2.75) is 31.4 Å². The van der Waals surface area contributed by atoms with E-state index in [1.807, 2.05) is 5.32 Å². The fourth-order valence-corrected chi connectivity index (χ4v) is 4.23. The number of carboxylic acids is 1. The molecule has 3 atom stereocenters. The van der Waals surface area contributed by atoms with Gasteiger partial charge in [-0.15, -0.1) is 0 Å². The summed E-state index contributed by atoms with van der Waals surface area (Å²) >= 11 is 0. The third kappa shape index (κ3) is 9.68. The van der Waals surface area contributed by atoms with Gasteiger partial charge in [-0.05, 0) is 6.07 Å². The number of nitrogen functional groups attached to an aromatic ring is 1. The summed E-state index contributed by atoms with van der Waals surface area (Å²) in [7, 11) is -3.95. The van der Waals surface area contributed by atoms with Gasteiger partial charge in [0.05, 0.1) is 31.3 Å². The van der Waals surface area contributed by atoms with E-state index < -0.39 is 69.9 Å². The Morgan fingerprint density at radius 1 is 1.39 bits per heavy atom. The van der Waals surface area contributed by atoms with Crippen LogP contribution in [0.3, 0.4) is 0 Å². The van der Waals surface area contributed by atoms with E-state index in [0.717, 1.165) is 0 Å². The van der Waals surface area contributed by atoms with Gasteiger partial charge < -0.3 is 40.5 Å². The smallest absolute Gasteiger partial charge is 0.351 e. The molecular formula is C19H27N5O11S. The first-order valence-electron chi connectivity index (χ1n) is 10.6. The number of ether oxygens (including phenoxy) is 3. The Morgan fingerprint density at radius 2 is 2.14 bits per heavy atom. The third-order valence-corrected chi connectivity index (χ3v) is 6.29. The highest BCUT2D eigenvalue weighted by atomic mass is 32.2. The third-order valence-electron chi connectivity index (χ3n) is 4.66. The van der Waals surface area contributed by atoms with E-state index in [1.165, 1.54) is 16.8 Å². The van der Waals surface area contributed by atoms with Crippen LogP contribution in [0, 0.1) is 0 Å². The highest BCUT2D eigenvalue weighted by Crippen LogP contribution is 2.19. The number of nitrogens with one attached hydrogen (secondary N) is 2. The molecule has 2 amide bonds. The number of aromatic nitrogens is 2. The standard InChI is InChI=1S/C19H27N5O11S/c20-13-3-4-24(19(30)23-13)15-9-34-17(35-15)10-33-6-7-36(31,32)11-12(18(29)21-8-16(27)28)22-14(26)2-1-5-25/h3-5,12,15,17H,1-2,6-11H2,(H,21,29)(H,22,26)(H,27,28)(H2,20,23,30). The number of hydrogen-bond acceptors (Lipinski definition) is 12. The van der Waals surface area contributed by atoms with Gasteiger partial charge in [-0.3, -0.25) is 19.0 Å². The fourth-order valence-electron chi connectivity index (χ4n) is 2.95. The minimum absolute atomic E-state index is 0.0226. The number of carboxylic acid groups (broad SMARTS) is 1. The molecule has 0 bridgehead atoms. The number of nitrogens with two attached hydrogens (primary N) is 1. The van der Waals surface area contributed by atoms with Crippen LogP contribution in [-0.4, -0.2) is 97.3 Å². The molecule has 0 aromatic carbocycles. The number of hydrogen-bond donors (Lipinski definition) is 4. The van der Waals surface area contributed by atoms with Gasteiger partial charge in [0.2, 0.25) is 11.8 Å². The molecule has 5 N–H and O–H groups in total. The van der Waals surface area contributed by atoms with E-state index in [-0.39, 0.29) is 38.5 Å². The van der Waals surface area contributed by atoms with Crippen LogP contribution in [0.5, 0.6) is 0 Å². The molecule has 0 aliphatic carbocycles. The summed E-state index contributed by atoms with van der Waals surface area (Å²) in [4.78, 5) is 60.6. The molecule has 0 spiro atoms. The molecule has 1 aromatic rings. The lowest BCUT2D eigenvalue weighted by Crippen LogP contribution is -2.51. The molecule has 16 nitrogen and oxygen atoms in total. The molecule has 1 fully saturated rings. The van der Waals surface area contributed by atoms with E-state index in [2.05, 4.69) is 10.3 Å². The maximum atomic E-state index is 12.5. The van der Waals surface area contributed by atoms with Crippen LogP contribution in [0.1, 0.15) is 19.1 Å². The number of aliphatic carboxylic acids is 1. The average Bonchev–Trinajstić information content (AvgIpc) is 3.27. The number of sulfone groups is 1. The van der Waals surface area contributed by atoms with Crippen molar-refractivity contribution in [2.24, 2.45) is 0 Å². The molecule has 3 unspecified atom stereocenters. The van der Waals surface area contributed by atoms with Crippen molar-refractivity contribution in [3.8, 4) is 0 Å². The molecular weight excluding hydrogens is 506 g/mol. The molecule has 0 radical (unpaired) electrons. The lowest BCUT2D eigenvalue weighted by atomic mass is 10.2. The number of rotatable bonds is 15. The van der Waals surface area contributed by atoms with E-state index in [9.17, 15) is 32.4 Å². The Balaban J connectivity index is 1.84. The van der Waals surface area contributed by atoms with E-state index in [4.69, 9.17) is 25.1 Å². The van der Waals surface area contributed by atoms with Gasteiger partial charge in [-0.25, -0.2) is 13.2 Å². The van der Waals surface area contributed by atoms with Gasteiger partial charge in [0.1, 0.15) is 24.7 Å². The molecule has 2 rings (SSSR count). The number of carbonyl (C=O) groups excluding carboxylic acids is 3. The fraction of sp³-hybridized carbons (Fsp3) is 0.579. The molecule has 0 saturated carbocycles. The van der Waals surface area contributed by atoms with E-state index in [0.29, 0.717) is 6.29 Å². The molecule has 200 valence electrons. The molecule has 17 heteroatoms. The van der Waals surface area contributed by atoms with Gasteiger partial charge in [0, 0.05) is 19.0 Å². The zero-order valence-corrected chi connectivity index (χ0v) is 19.8. The SMILES string of the molecule is Nc1ccn(C2COC(COCCS(=O)(=O)CC(NC(=O)CCC=O)C(=O)NCC(=O)O)O2)c(=O)n1. The normalized spacial score (nSPS) is 18.3.